The lowest BCUT2D eigenvalue weighted by Gasteiger charge is -2.28. The number of hydroxylamine groups is 2. The number of hydrogen-bond acceptors (Lipinski definition) is 4. The van der Waals surface area contributed by atoms with Gasteiger partial charge in [0.1, 0.15) is 0 Å². The van der Waals surface area contributed by atoms with Gasteiger partial charge in [0.15, 0.2) is 0 Å². The number of carbonyl (C=O) groups is 1. The number of carbonyl (C=O) groups excluding carboxylic acids is 1. The molecular weight excluding hydrogens is 225 g/mol. The second kappa shape index (κ2) is 6.19. The van der Waals surface area contributed by atoms with Gasteiger partial charge in [-0.3, -0.25) is 9.36 Å². The summed E-state index contributed by atoms with van der Waals surface area (Å²) in [6, 6.07) is 0. The van der Waals surface area contributed by atoms with Crippen molar-refractivity contribution in [3.8, 4) is 0 Å². The summed E-state index contributed by atoms with van der Waals surface area (Å²) in [7, 11) is -4.11. The molecule has 0 aromatic rings. The fraction of sp³-hybridized carbons (Fsp3) is 0.857. The Morgan fingerprint density at radius 3 is 2.47 bits per heavy atom. The summed E-state index contributed by atoms with van der Waals surface area (Å²) < 4.78 is 10.4. The fourth-order valence-corrected chi connectivity index (χ4v) is 1.45. The molecule has 0 radical (unpaired) electrons. The summed E-state index contributed by atoms with van der Waals surface area (Å²) in [5.74, 6) is -0.782. The summed E-state index contributed by atoms with van der Waals surface area (Å²) in [4.78, 5) is 27.9. The lowest BCUT2D eigenvalue weighted by atomic mass is 10.2. The predicted molar refractivity (Wildman–Crippen MR) is 52.9 cm³/mol. The van der Waals surface area contributed by atoms with Crippen LogP contribution in [-0.2, 0) is 9.36 Å². The highest BCUT2D eigenvalue weighted by molar-refractivity contribution is 7.51. The van der Waals surface area contributed by atoms with Gasteiger partial charge in [-0.2, -0.15) is 0 Å². The molecule has 8 heteroatoms. The van der Waals surface area contributed by atoms with Gasteiger partial charge in [-0.15, -0.1) is 0 Å². The molecule has 7 nitrogen and oxygen atoms in total. The van der Waals surface area contributed by atoms with E-state index in [1.807, 2.05) is 0 Å². The smallest absolute Gasteiger partial charge is 0.325 e. The highest BCUT2D eigenvalue weighted by Gasteiger charge is 2.13. The minimum Gasteiger partial charge on any atom is -0.756 e. The van der Waals surface area contributed by atoms with E-state index in [1.165, 1.54) is 6.92 Å². The van der Waals surface area contributed by atoms with Crippen molar-refractivity contribution in [2.45, 2.75) is 25.9 Å². The van der Waals surface area contributed by atoms with Crippen LogP contribution in [0.3, 0.4) is 0 Å². The maximum atomic E-state index is 11.0. The monoisotopic (exact) mass is 240 g/mol. The molecule has 0 spiro atoms. The molecule has 0 bridgehead atoms. The zero-order chi connectivity index (χ0) is 12.1. The highest BCUT2D eigenvalue weighted by Crippen LogP contribution is 2.34. The van der Waals surface area contributed by atoms with Gasteiger partial charge >= 0.3 is 7.60 Å². The number of aliphatic hydroxyl groups is 1. The van der Waals surface area contributed by atoms with Crippen LogP contribution in [-0.4, -0.2) is 44.7 Å². The first-order valence-corrected chi connectivity index (χ1v) is 6.22. The number of aliphatic hydroxyl groups excluding tert-OH is 1. The molecule has 0 aromatic heterocycles. The molecule has 1 amide bonds. The molecule has 0 fully saturated rings. The lowest BCUT2D eigenvalue weighted by Crippen LogP contribution is -2.28. The number of amides is 1. The molecule has 0 aliphatic rings. The largest absolute Gasteiger partial charge is 0.756 e. The van der Waals surface area contributed by atoms with Gasteiger partial charge in [0, 0.05) is 6.54 Å². The van der Waals surface area contributed by atoms with E-state index in [2.05, 4.69) is 0 Å². The zero-order valence-corrected chi connectivity index (χ0v) is 9.26. The van der Waals surface area contributed by atoms with Crippen LogP contribution in [0.4, 0.5) is 0 Å². The average molecular weight is 240 g/mol. The van der Waals surface area contributed by atoms with Crippen LogP contribution >= 0.6 is 7.60 Å². The Hall–Kier alpha value is -0.460. The Morgan fingerprint density at radius 2 is 2.07 bits per heavy atom. The van der Waals surface area contributed by atoms with E-state index < -0.39 is 25.8 Å². The Balaban J connectivity index is 3.79. The first-order valence-electron chi connectivity index (χ1n) is 4.42. The quantitative estimate of drug-likeness (QED) is 0.431. The van der Waals surface area contributed by atoms with E-state index in [9.17, 15) is 14.6 Å². The summed E-state index contributed by atoms with van der Waals surface area (Å²) in [6.45, 7) is 1.11. The van der Waals surface area contributed by atoms with Crippen LogP contribution < -0.4 is 0 Å². The summed E-state index contributed by atoms with van der Waals surface area (Å²) in [5.41, 5.74) is 0. The summed E-state index contributed by atoms with van der Waals surface area (Å²) >= 11 is 0. The third-order valence-electron chi connectivity index (χ3n) is 1.56. The Bertz CT molecular complexity index is 250. The molecule has 0 heterocycles. The molecule has 0 rings (SSSR count). The minimum absolute atomic E-state index is 0.0562. The molecule has 0 aromatic carbocycles. The highest BCUT2D eigenvalue weighted by atomic mass is 31.2. The molecule has 15 heavy (non-hydrogen) atoms. The Labute approximate surface area is 87.4 Å². The van der Waals surface area contributed by atoms with Crippen molar-refractivity contribution in [1.82, 2.24) is 5.06 Å². The van der Waals surface area contributed by atoms with Crippen molar-refractivity contribution >= 4 is 13.5 Å². The first kappa shape index (κ1) is 14.5. The third-order valence-corrected chi connectivity index (χ3v) is 2.46. The standard InChI is InChI=1S/C7H15NO6P/c1-6(9)5-7(10)8(11)3-2-4-15(12,13)14/h6,9H,2-5H2,1H3,(H2,12,13,14)/q-1. The van der Waals surface area contributed by atoms with Gasteiger partial charge in [0.25, 0.3) is 0 Å². The lowest BCUT2D eigenvalue weighted by molar-refractivity contribution is -0.130. The first-order chi connectivity index (χ1) is 6.72. The molecule has 0 saturated heterocycles. The van der Waals surface area contributed by atoms with Crippen molar-refractivity contribution in [3.05, 3.63) is 5.21 Å². The second-order valence-corrected chi connectivity index (χ2v) is 5.07. The fourth-order valence-electron chi connectivity index (χ4n) is 0.900. The van der Waals surface area contributed by atoms with E-state index in [-0.39, 0.29) is 24.4 Å². The third kappa shape index (κ3) is 8.53. The van der Waals surface area contributed by atoms with Gasteiger partial charge in [-0.1, -0.05) is 0 Å². The van der Waals surface area contributed by atoms with Crippen molar-refractivity contribution in [3.63, 3.8) is 0 Å². The van der Waals surface area contributed by atoms with Gasteiger partial charge < -0.3 is 25.2 Å². The summed E-state index contributed by atoms with van der Waals surface area (Å²) in [5, 5.41) is 19.9. The van der Waals surface area contributed by atoms with Crippen molar-refractivity contribution in [1.29, 1.82) is 0 Å². The zero-order valence-electron chi connectivity index (χ0n) is 8.37. The molecule has 1 unspecified atom stereocenters. The van der Waals surface area contributed by atoms with Crippen LogP contribution in [0.2, 0.25) is 0 Å². The van der Waals surface area contributed by atoms with E-state index in [4.69, 9.17) is 14.9 Å². The van der Waals surface area contributed by atoms with Crippen LogP contribution in [0, 0.1) is 5.21 Å². The predicted octanol–water partition coefficient (Wildman–Crippen LogP) is -0.348. The van der Waals surface area contributed by atoms with E-state index in [0.717, 1.165) is 0 Å². The van der Waals surface area contributed by atoms with Crippen LogP contribution in [0.25, 0.3) is 0 Å². The normalized spacial score (nSPS) is 13.7. The van der Waals surface area contributed by atoms with Gasteiger partial charge in [-0.25, -0.2) is 0 Å². The molecule has 3 N–H and O–H groups in total. The maximum Gasteiger partial charge on any atom is 0.325 e. The summed E-state index contributed by atoms with van der Waals surface area (Å²) in [6.07, 6.45) is -1.65. The number of rotatable bonds is 6. The van der Waals surface area contributed by atoms with E-state index in [1.54, 1.807) is 0 Å². The topological polar surface area (TPSA) is 121 Å². The maximum absolute atomic E-state index is 11.0. The SMILES string of the molecule is CC(O)CC(=O)N([O-])CCCP(=O)(O)O. The Kier molecular flexibility index (Phi) is 6.00. The van der Waals surface area contributed by atoms with Crippen LogP contribution in [0.1, 0.15) is 19.8 Å². The molecule has 90 valence electrons. The van der Waals surface area contributed by atoms with E-state index in [0.29, 0.717) is 0 Å². The molecule has 0 saturated carbocycles. The van der Waals surface area contributed by atoms with Crippen LogP contribution in [0.15, 0.2) is 0 Å². The van der Waals surface area contributed by atoms with Gasteiger partial charge in [0.2, 0.25) is 5.91 Å². The Morgan fingerprint density at radius 1 is 1.53 bits per heavy atom. The average Bonchev–Trinajstić information content (AvgIpc) is 2.00. The number of hydrogen-bond donors (Lipinski definition) is 3. The molecule has 1 atom stereocenters. The minimum atomic E-state index is -4.11. The van der Waals surface area contributed by atoms with Crippen molar-refractivity contribution in [2.24, 2.45) is 0 Å². The molecule has 0 aliphatic carbocycles. The molecular formula is C7H15NO6P-. The van der Waals surface area contributed by atoms with Crippen LogP contribution in [0.5, 0.6) is 0 Å². The van der Waals surface area contributed by atoms with Crippen molar-refractivity contribution < 1.29 is 24.3 Å². The number of nitrogens with zero attached hydrogens (tertiary/aromatic N) is 1. The molecule has 0 aliphatic heterocycles. The van der Waals surface area contributed by atoms with Crippen molar-refractivity contribution in [2.75, 3.05) is 12.7 Å². The van der Waals surface area contributed by atoms with E-state index >= 15 is 0 Å². The van der Waals surface area contributed by atoms with Gasteiger partial charge in [-0.05, 0) is 13.3 Å². The van der Waals surface area contributed by atoms with Gasteiger partial charge in [0.05, 0.1) is 18.7 Å². The second-order valence-electron chi connectivity index (χ2n) is 3.29.